The highest BCUT2D eigenvalue weighted by atomic mass is 16.2. The van der Waals surface area contributed by atoms with Gasteiger partial charge in [-0.15, -0.1) is 0 Å². The third kappa shape index (κ3) is 5.38. The van der Waals surface area contributed by atoms with Crippen LogP contribution in [0.15, 0.2) is 65.3 Å². The van der Waals surface area contributed by atoms with Crippen LogP contribution in [0, 0.1) is 0 Å². The van der Waals surface area contributed by atoms with Gasteiger partial charge >= 0.3 is 0 Å². The van der Waals surface area contributed by atoms with Crippen LogP contribution >= 0.6 is 0 Å². The van der Waals surface area contributed by atoms with E-state index in [0.717, 1.165) is 29.9 Å². The number of likely N-dealkylation sites (N-methyl/N-ethyl adjacent to an activating group) is 1. The lowest BCUT2D eigenvalue weighted by atomic mass is 10.1. The van der Waals surface area contributed by atoms with Crippen molar-refractivity contribution in [1.29, 1.82) is 0 Å². The average Bonchev–Trinajstić information content (AvgIpc) is 3.08. The molecule has 1 heterocycles. The van der Waals surface area contributed by atoms with E-state index < -0.39 is 0 Å². The number of nitrogens with zero attached hydrogens (tertiary/aromatic N) is 4. The van der Waals surface area contributed by atoms with E-state index in [4.69, 9.17) is 0 Å². The number of anilines is 1. The number of carbonyl (C=O) groups excluding carboxylic acids is 2. The average molecular weight is 420 g/mol. The van der Waals surface area contributed by atoms with Gasteiger partial charge < -0.3 is 4.90 Å². The summed E-state index contributed by atoms with van der Waals surface area (Å²) in [7, 11) is 3.95. The van der Waals surface area contributed by atoms with E-state index in [9.17, 15) is 9.59 Å². The van der Waals surface area contributed by atoms with Crippen LogP contribution in [0.1, 0.15) is 25.0 Å². The fourth-order valence-corrected chi connectivity index (χ4v) is 3.24. The second kappa shape index (κ2) is 10.0. The van der Waals surface area contributed by atoms with E-state index in [1.165, 1.54) is 5.01 Å². The molecule has 0 spiro atoms. The van der Waals surface area contributed by atoms with E-state index >= 15 is 0 Å². The predicted molar refractivity (Wildman–Crippen MR) is 125 cm³/mol. The van der Waals surface area contributed by atoms with Crippen molar-refractivity contribution in [3.63, 3.8) is 0 Å². The van der Waals surface area contributed by atoms with Gasteiger partial charge in [-0.2, -0.15) is 5.01 Å². The fourth-order valence-electron chi connectivity index (χ4n) is 3.24. The Bertz CT molecular complexity index is 977. The Kier molecular flexibility index (Phi) is 7.20. The summed E-state index contributed by atoms with van der Waals surface area (Å²) in [5.74, 6) is -0.199. The van der Waals surface area contributed by atoms with Crippen LogP contribution in [-0.2, 0) is 9.59 Å². The van der Waals surface area contributed by atoms with Crippen molar-refractivity contribution < 1.29 is 9.59 Å². The number of hydrazine groups is 1. The topological polar surface area (TPSA) is 68.2 Å². The van der Waals surface area contributed by atoms with Crippen LogP contribution in [0.5, 0.6) is 0 Å². The normalized spacial score (nSPS) is 14.9. The summed E-state index contributed by atoms with van der Waals surface area (Å²) in [5.41, 5.74) is 5.70. The molecule has 0 bridgehead atoms. The molecule has 0 aliphatic carbocycles. The summed E-state index contributed by atoms with van der Waals surface area (Å²) >= 11 is 0. The lowest BCUT2D eigenvalue weighted by Crippen LogP contribution is -2.50. The molecule has 0 saturated heterocycles. The highest BCUT2D eigenvalue weighted by Gasteiger charge is 2.32. The SMILES string of the molecule is CCN(CC)CC(=O)NN1C(=O)C(=Cc2ccc(N(C)C)cc2)N=C1c1ccccc1. The highest BCUT2D eigenvalue weighted by Crippen LogP contribution is 2.22. The second-order valence-electron chi connectivity index (χ2n) is 7.45. The molecule has 2 aromatic carbocycles. The van der Waals surface area contributed by atoms with Crippen LogP contribution in [0.4, 0.5) is 5.69 Å². The highest BCUT2D eigenvalue weighted by molar-refractivity contribution is 6.20. The Labute approximate surface area is 183 Å². The van der Waals surface area contributed by atoms with E-state index in [-0.39, 0.29) is 24.1 Å². The van der Waals surface area contributed by atoms with Crippen molar-refractivity contribution in [2.45, 2.75) is 13.8 Å². The molecule has 0 fully saturated rings. The Morgan fingerprint density at radius 1 is 1.03 bits per heavy atom. The van der Waals surface area contributed by atoms with Gasteiger partial charge in [-0.1, -0.05) is 56.3 Å². The number of amides is 2. The van der Waals surface area contributed by atoms with Crippen molar-refractivity contribution >= 4 is 29.4 Å². The minimum absolute atomic E-state index is 0.212. The lowest BCUT2D eigenvalue weighted by molar-refractivity contribution is -0.133. The molecular formula is C24H29N5O2. The molecule has 31 heavy (non-hydrogen) atoms. The molecule has 1 aliphatic heterocycles. The molecule has 0 unspecified atom stereocenters. The molecule has 2 aromatic rings. The summed E-state index contributed by atoms with van der Waals surface area (Å²) in [6.45, 7) is 5.72. The Balaban J connectivity index is 1.89. The van der Waals surface area contributed by atoms with Crippen molar-refractivity contribution in [2.24, 2.45) is 4.99 Å². The van der Waals surface area contributed by atoms with Crippen LogP contribution in [0.25, 0.3) is 6.08 Å². The standard InChI is InChI=1S/C24H29N5O2/c1-5-28(6-2)17-22(30)26-29-23(19-10-8-7-9-11-19)25-21(24(29)31)16-18-12-14-20(15-13-18)27(3)4/h7-16H,5-6,17H2,1-4H3,(H,26,30). The largest absolute Gasteiger partial charge is 0.378 e. The van der Waals surface area contributed by atoms with Gasteiger partial charge in [0.05, 0.1) is 6.54 Å². The molecule has 3 rings (SSSR count). The van der Waals surface area contributed by atoms with Crippen molar-refractivity contribution in [3.05, 3.63) is 71.4 Å². The molecule has 0 aromatic heterocycles. The minimum Gasteiger partial charge on any atom is -0.378 e. The molecule has 7 nitrogen and oxygen atoms in total. The van der Waals surface area contributed by atoms with E-state index in [2.05, 4.69) is 10.4 Å². The molecule has 7 heteroatoms. The van der Waals surface area contributed by atoms with Crippen LogP contribution in [0.2, 0.25) is 0 Å². The Morgan fingerprint density at radius 3 is 2.26 bits per heavy atom. The summed E-state index contributed by atoms with van der Waals surface area (Å²) in [6.07, 6.45) is 1.74. The number of nitrogens with one attached hydrogen (secondary N) is 1. The number of hydrogen-bond donors (Lipinski definition) is 1. The molecule has 1 aliphatic rings. The van der Waals surface area contributed by atoms with Crippen LogP contribution in [0.3, 0.4) is 0 Å². The van der Waals surface area contributed by atoms with E-state index in [0.29, 0.717) is 5.84 Å². The maximum absolute atomic E-state index is 13.1. The first-order chi connectivity index (χ1) is 14.9. The summed E-state index contributed by atoms with van der Waals surface area (Å²) in [6, 6.07) is 17.2. The number of aliphatic imine (C=N–C) groups is 1. The molecule has 2 amide bonds. The first-order valence-electron chi connectivity index (χ1n) is 10.4. The quantitative estimate of drug-likeness (QED) is 0.668. The van der Waals surface area contributed by atoms with Gasteiger partial charge in [0, 0.05) is 25.3 Å². The third-order valence-corrected chi connectivity index (χ3v) is 5.10. The van der Waals surface area contributed by atoms with E-state index in [1.807, 2.05) is 92.3 Å². The smallest absolute Gasteiger partial charge is 0.297 e. The molecule has 1 N–H and O–H groups in total. The second-order valence-corrected chi connectivity index (χ2v) is 7.45. The monoisotopic (exact) mass is 419 g/mol. The fraction of sp³-hybridized carbons (Fsp3) is 0.292. The zero-order chi connectivity index (χ0) is 22.4. The summed E-state index contributed by atoms with van der Waals surface area (Å²) < 4.78 is 0. The van der Waals surface area contributed by atoms with Gasteiger partial charge in [0.2, 0.25) is 0 Å². The molecule has 0 atom stereocenters. The number of hydrogen-bond acceptors (Lipinski definition) is 5. The number of carbonyl (C=O) groups is 2. The van der Waals surface area contributed by atoms with Gasteiger partial charge in [-0.3, -0.25) is 19.9 Å². The van der Waals surface area contributed by atoms with Crippen molar-refractivity contribution in [1.82, 2.24) is 15.3 Å². The lowest BCUT2D eigenvalue weighted by Gasteiger charge is -2.22. The molecule has 0 radical (unpaired) electrons. The van der Waals surface area contributed by atoms with Crippen molar-refractivity contribution in [2.75, 3.05) is 38.6 Å². The van der Waals surface area contributed by atoms with E-state index in [1.54, 1.807) is 6.08 Å². The maximum Gasteiger partial charge on any atom is 0.297 e. The number of amidine groups is 1. The zero-order valence-corrected chi connectivity index (χ0v) is 18.5. The molecule has 162 valence electrons. The van der Waals surface area contributed by atoms with Crippen LogP contribution < -0.4 is 10.3 Å². The van der Waals surface area contributed by atoms with Gasteiger partial charge in [0.1, 0.15) is 5.70 Å². The summed E-state index contributed by atoms with van der Waals surface area (Å²) in [5, 5.41) is 1.25. The Hall–Kier alpha value is -3.45. The number of benzene rings is 2. The predicted octanol–water partition coefficient (Wildman–Crippen LogP) is 2.76. The van der Waals surface area contributed by atoms with Crippen LogP contribution in [-0.4, -0.2) is 61.3 Å². The first-order valence-corrected chi connectivity index (χ1v) is 10.4. The van der Waals surface area contributed by atoms with Gasteiger partial charge in [-0.25, -0.2) is 4.99 Å². The summed E-state index contributed by atoms with van der Waals surface area (Å²) in [4.78, 5) is 34.3. The Morgan fingerprint density at radius 2 is 1.68 bits per heavy atom. The number of rotatable bonds is 8. The minimum atomic E-state index is -0.358. The van der Waals surface area contributed by atoms with Gasteiger partial charge in [-0.05, 0) is 36.9 Å². The van der Waals surface area contributed by atoms with Crippen molar-refractivity contribution in [3.8, 4) is 0 Å². The maximum atomic E-state index is 13.1. The van der Waals surface area contributed by atoms with Gasteiger partial charge in [0.25, 0.3) is 11.8 Å². The third-order valence-electron chi connectivity index (χ3n) is 5.10. The molecule has 0 saturated carbocycles. The first kappa shape index (κ1) is 22.2. The van der Waals surface area contributed by atoms with Gasteiger partial charge in [0.15, 0.2) is 5.84 Å². The zero-order valence-electron chi connectivity index (χ0n) is 18.5. The molecular weight excluding hydrogens is 390 g/mol.